The third-order valence-corrected chi connectivity index (χ3v) is 3.67. The van der Waals surface area contributed by atoms with E-state index < -0.39 is 4.92 Å². The van der Waals surface area contributed by atoms with Crippen LogP contribution in [0, 0.1) is 10.1 Å². The topological polar surface area (TPSA) is 76.5 Å². The van der Waals surface area contributed by atoms with E-state index in [9.17, 15) is 15.2 Å². The molecule has 0 spiro atoms. The SMILES string of the molecule is O=[N+]([O-])c1ccc2ccc3oc4ccccc4c3c2c1O. The second-order valence-electron chi connectivity index (χ2n) is 4.83. The quantitative estimate of drug-likeness (QED) is 0.415. The van der Waals surface area contributed by atoms with Crippen LogP contribution >= 0.6 is 0 Å². The van der Waals surface area contributed by atoms with Gasteiger partial charge in [-0.3, -0.25) is 10.1 Å². The predicted octanol–water partition coefficient (Wildman–Crippen LogP) is 4.35. The molecule has 0 saturated heterocycles. The molecule has 1 N–H and O–H groups in total. The van der Waals surface area contributed by atoms with Crippen LogP contribution in [0.3, 0.4) is 0 Å². The van der Waals surface area contributed by atoms with Crippen molar-refractivity contribution in [3.63, 3.8) is 0 Å². The fourth-order valence-electron chi connectivity index (χ4n) is 2.75. The molecule has 0 saturated carbocycles. The molecule has 1 aromatic heterocycles. The summed E-state index contributed by atoms with van der Waals surface area (Å²) in [6, 6.07) is 14.0. The van der Waals surface area contributed by atoms with Crippen molar-refractivity contribution in [1.82, 2.24) is 0 Å². The number of nitro benzene ring substituents is 1. The highest BCUT2D eigenvalue weighted by molar-refractivity contribution is 6.21. The van der Waals surface area contributed by atoms with Crippen molar-refractivity contribution in [3.8, 4) is 5.75 Å². The van der Waals surface area contributed by atoms with E-state index in [0.717, 1.165) is 10.8 Å². The van der Waals surface area contributed by atoms with Crippen molar-refractivity contribution in [1.29, 1.82) is 0 Å². The summed E-state index contributed by atoms with van der Waals surface area (Å²) < 4.78 is 5.73. The lowest BCUT2D eigenvalue weighted by molar-refractivity contribution is -0.385. The number of para-hydroxylation sites is 1. The zero-order chi connectivity index (χ0) is 14.6. The molecule has 0 amide bonds. The second kappa shape index (κ2) is 3.96. The van der Waals surface area contributed by atoms with Crippen LogP contribution in [0.15, 0.2) is 52.9 Å². The van der Waals surface area contributed by atoms with Crippen LogP contribution in [-0.2, 0) is 0 Å². The molecule has 0 unspecified atom stereocenters. The average molecular weight is 279 g/mol. The molecule has 3 aromatic carbocycles. The molecule has 0 aliphatic rings. The summed E-state index contributed by atoms with van der Waals surface area (Å²) in [4.78, 5) is 10.4. The molecule has 5 nitrogen and oxygen atoms in total. The lowest BCUT2D eigenvalue weighted by atomic mass is 10.0. The van der Waals surface area contributed by atoms with Gasteiger partial charge in [0.25, 0.3) is 0 Å². The van der Waals surface area contributed by atoms with E-state index in [1.807, 2.05) is 30.3 Å². The van der Waals surface area contributed by atoms with Crippen molar-refractivity contribution >= 4 is 38.4 Å². The Morgan fingerprint density at radius 2 is 1.71 bits per heavy atom. The lowest BCUT2D eigenvalue weighted by Gasteiger charge is -2.03. The van der Waals surface area contributed by atoms with Gasteiger partial charge >= 0.3 is 5.69 Å². The molecule has 102 valence electrons. The van der Waals surface area contributed by atoms with E-state index in [2.05, 4.69) is 0 Å². The fraction of sp³-hybridized carbons (Fsp3) is 0. The van der Waals surface area contributed by atoms with Crippen LogP contribution in [0.1, 0.15) is 0 Å². The zero-order valence-electron chi connectivity index (χ0n) is 10.7. The number of nitro groups is 1. The van der Waals surface area contributed by atoms with Crippen molar-refractivity contribution in [2.75, 3.05) is 0 Å². The maximum Gasteiger partial charge on any atom is 0.311 e. The summed E-state index contributed by atoms with van der Waals surface area (Å²) in [5, 5.41) is 24.0. The maximum atomic E-state index is 11.0. The fourth-order valence-corrected chi connectivity index (χ4v) is 2.75. The number of hydrogen-bond donors (Lipinski definition) is 1. The maximum absolute atomic E-state index is 11.0. The Balaban J connectivity index is 2.31. The first-order valence-corrected chi connectivity index (χ1v) is 6.37. The van der Waals surface area contributed by atoms with Crippen molar-refractivity contribution in [2.45, 2.75) is 0 Å². The number of phenolic OH excluding ortho intramolecular Hbond substituents is 1. The number of hydrogen-bond acceptors (Lipinski definition) is 4. The van der Waals surface area contributed by atoms with E-state index in [1.165, 1.54) is 6.07 Å². The summed E-state index contributed by atoms with van der Waals surface area (Å²) in [7, 11) is 0. The first-order valence-electron chi connectivity index (χ1n) is 6.37. The van der Waals surface area contributed by atoms with Gasteiger partial charge in [-0.1, -0.05) is 24.3 Å². The molecule has 1 heterocycles. The van der Waals surface area contributed by atoms with E-state index >= 15 is 0 Å². The average Bonchev–Trinajstić information content (AvgIpc) is 2.85. The smallest absolute Gasteiger partial charge is 0.311 e. The van der Waals surface area contributed by atoms with Crippen molar-refractivity contribution in [3.05, 3.63) is 58.6 Å². The monoisotopic (exact) mass is 279 g/mol. The first kappa shape index (κ1) is 11.7. The van der Waals surface area contributed by atoms with Gasteiger partial charge in [-0.2, -0.15) is 0 Å². The van der Waals surface area contributed by atoms with E-state index in [-0.39, 0.29) is 11.4 Å². The van der Waals surface area contributed by atoms with E-state index in [1.54, 1.807) is 12.1 Å². The minimum Gasteiger partial charge on any atom is -0.502 e. The van der Waals surface area contributed by atoms with Crippen molar-refractivity contribution in [2.24, 2.45) is 0 Å². The van der Waals surface area contributed by atoms with Crippen LogP contribution in [-0.4, -0.2) is 10.0 Å². The highest BCUT2D eigenvalue weighted by Crippen LogP contribution is 2.42. The molecule has 0 aliphatic heterocycles. The Hall–Kier alpha value is -3.08. The Bertz CT molecular complexity index is 1030. The van der Waals surface area contributed by atoms with Gasteiger partial charge < -0.3 is 9.52 Å². The van der Waals surface area contributed by atoms with Gasteiger partial charge in [0.05, 0.1) is 4.92 Å². The van der Waals surface area contributed by atoms with Gasteiger partial charge in [-0.15, -0.1) is 0 Å². The highest BCUT2D eigenvalue weighted by atomic mass is 16.6. The van der Waals surface area contributed by atoms with Crippen LogP contribution in [0.5, 0.6) is 5.75 Å². The second-order valence-corrected chi connectivity index (χ2v) is 4.83. The van der Waals surface area contributed by atoms with Crippen molar-refractivity contribution < 1.29 is 14.4 Å². The largest absolute Gasteiger partial charge is 0.502 e. The molecule has 0 bridgehead atoms. The summed E-state index contributed by atoms with van der Waals surface area (Å²) in [6.07, 6.45) is 0. The van der Waals surface area contributed by atoms with Gasteiger partial charge in [-0.05, 0) is 23.6 Å². The zero-order valence-corrected chi connectivity index (χ0v) is 10.7. The molecule has 4 aromatic rings. The minimum absolute atomic E-state index is 0.305. The van der Waals surface area contributed by atoms with Gasteiger partial charge in [0.2, 0.25) is 5.75 Å². The number of furan rings is 1. The third-order valence-electron chi connectivity index (χ3n) is 3.67. The molecular formula is C16H9NO4. The van der Waals surface area contributed by atoms with Crippen LogP contribution in [0.25, 0.3) is 32.7 Å². The number of fused-ring (bicyclic) bond motifs is 5. The number of benzene rings is 3. The summed E-state index contributed by atoms with van der Waals surface area (Å²) >= 11 is 0. The standard InChI is InChI=1S/C16H9NO4/c18-16-11(17(19)20)7-5-9-6-8-13-15(14(9)16)10-3-1-2-4-12(10)21-13/h1-8,18H. The Morgan fingerprint density at radius 3 is 2.52 bits per heavy atom. The summed E-state index contributed by atoms with van der Waals surface area (Å²) in [5.41, 5.74) is 0.977. The Morgan fingerprint density at radius 1 is 0.952 bits per heavy atom. The van der Waals surface area contributed by atoms with Gasteiger partial charge in [0.1, 0.15) is 11.2 Å². The van der Waals surface area contributed by atoms with E-state index in [4.69, 9.17) is 4.42 Å². The number of nitrogens with zero attached hydrogens (tertiary/aromatic N) is 1. The lowest BCUT2D eigenvalue weighted by Crippen LogP contribution is -1.89. The van der Waals surface area contributed by atoms with Crippen LogP contribution < -0.4 is 0 Å². The van der Waals surface area contributed by atoms with E-state index in [0.29, 0.717) is 21.9 Å². The molecule has 0 aliphatic carbocycles. The molecule has 21 heavy (non-hydrogen) atoms. The van der Waals surface area contributed by atoms with Crippen LogP contribution in [0.4, 0.5) is 5.69 Å². The third kappa shape index (κ3) is 1.51. The molecule has 0 fully saturated rings. The Kier molecular flexibility index (Phi) is 2.21. The molecule has 5 heteroatoms. The summed E-state index contributed by atoms with van der Waals surface area (Å²) in [5.74, 6) is -0.324. The highest BCUT2D eigenvalue weighted by Gasteiger charge is 2.20. The first-order chi connectivity index (χ1) is 10.2. The number of aromatic hydroxyl groups is 1. The summed E-state index contributed by atoms with van der Waals surface area (Å²) in [6.45, 7) is 0. The van der Waals surface area contributed by atoms with Gasteiger partial charge in [0.15, 0.2) is 0 Å². The van der Waals surface area contributed by atoms with Crippen LogP contribution in [0.2, 0.25) is 0 Å². The normalized spacial score (nSPS) is 11.4. The molecule has 0 atom stereocenters. The minimum atomic E-state index is -0.587. The predicted molar refractivity (Wildman–Crippen MR) is 79.5 cm³/mol. The van der Waals surface area contributed by atoms with Gasteiger partial charge in [0, 0.05) is 22.2 Å². The molecule has 0 radical (unpaired) electrons. The number of rotatable bonds is 1. The molecule has 4 rings (SSSR count). The number of phenols is 1. The Labute approximate surface area is 118 Å². The van der Waals surface area contributed by atoms with Gasteiger partial charge in [-0.25, -0.2) is 0 Å². The molecular weight excluding hydrogens is 270 g/mol.